The largest absolute Gasteiger partial charge is 0.377 e. The molecule has 0 saturated heterocycles. The van der Waals surface area contributed by atoms with E-state index in [1.807, 2.05) is 0 Å². The van der Waals surface area contributed by atoms with E-state index in [0.29, 0.717) is 92.6 Å². The summed E-state index contributed by atoms with van der Waals surface area (Å²) in [7, 11) is 0. The molecule has 4 aliphatic carbocycles. The Hall–Kier alpha value is -0.240. The van der Waals surface area contributed by atoms with Crippen LogP contribution in [0.2, 0.25) is 0 Å². The number of fused-ring (bicyclic) bond motifs is 5. The van der Waals surface area contributed by atoms with Crippen LogP contribution in [0.15, 0.2) is 0 Å². The number of hydrogen-bond donors (Lipinski definition) is 3. The van der Waals surface area contributed by atoms with Crippen molar-refractivity contribution in [3.05, 3.63) is 0 Å². The van der Waals surface area contributed by atoms with Crippen molar-refractivity contribution in [1.82, 2.24) is 0 Å². The molecule has 4 fully saturated rings. The van der Waals surface area contributed by atoms with Gasteiger partial charge in [0.2, 0.25) is 0 Å². The summed E-state index contributed by atoms with van der Waals surface area (Å²) in [6, 6.07) is 0. The van der Waals surface area contributed by atoms with Crippen molar-refractivity contribution in [3.63, 3.8) is 0 Å². The fourth-order valence-electron chi connectivity index (χ4n) is 9.46. The van der Waals surface area contributed by atoms with Crippen molar-refractivity contribution in [2.45, 2.75) is 91.0 Å². The minimum atomic E-state index is 0.194. The second kappa shape index (κ2) is 11.0. The average Bonchev–Trinajstić information content (AvgIpc) is 3.18. The van der Waals surface area contributed by atoms with Crippen LogP contribution in [0, 0.1) is 46.3 Å². The van der Waals surface area contributed by atoms with E-state index in [2.05, 4.69) is 27.7 Å². The van der Waals surface area contributed by atoms with Crippen LogP contribution >= 0.6 is 0 Å². The van der Waals surface area contributed by atoms with Crippen molar-refractivity contribution in [2.75, 3.05) is 39.5 Å². The molecule has 0 spiro atoms. The molecule has 0 bridgehead atoms. The van der Waals surface area contributed by atoms with Crippen LogP contribution in [0.5, 0.6) is 0 Å². The van der Waals surface area contributed by atoms with Crippen molar-refractivity contribution in [2.24, 2.45) is 63.5 Å². The van der Waals surface area contributed by atoms with Gasteiger partial charge in [0.15, 0.2) is 0 Å². The minimum Gasteiger partial charge on any atom is -0.377 e. The molecular formula is C28H53N3O3. The fourth-order valence-corrected chi connectivity index (χ4v) is 9.46. The number of ether oxygens (including phenoxy) is 3. The molecule has 34 heavy (non-hydrogen) atoms. The molecule has 2 unspecified atom stereocenters. The van der Waals surface area contributed by atoms with Crippen LogP contribution in [0.1, 0.15) is 72.6 Å². The third-order valence-corrected chi connectivity index (χ3v) is 10.9. The van der Waals surface area contributed by atoms with E-state index in [1.54, 1.807) is 0 Å². The first kappa shape index (κ1) is 26.8. The first-order valence-electron chi connectivity index (χ1n) is 14.3. The molecule has 0 radical (unpaired) electrons. The molecule has 0 aromatic carbocycles. The summed E-state index contributed by atoms with van der Waals surface area (Å²) in [5.41, 5.74) is 18.1. The van der Waals surface area contributed by atoms with Crippen LogP contribution in [0.25, 0.3) is 0 Å². The lowest BCUT2D eigenvalue weighted by atomic mass is 9.43. The predicted octanol–water partition coefficient (Wildman–Crippen LogP) is 3.55. The molecule has 10 atom stereocenters. The summed E-state index contributed by atoms with van der Waals surface area (Å²) in [5.74, 6) is 3.85. The van der Waals surface area contributed by atoms with Gasteiger partial charge in [0.1, 0.15) is 0 Å². The van der Waals surface area contributed by atoms with E-state index < -0.39 is 0 Å². The third kappa shape index (κ3) is 4.61. The van der Waals surface area contributed by atoms with Gasteiger partial charge in [-0.25, -0.2) is 0 Å². The Morgan fingerprint density at radius 2 is 1.47 bits per heavy atom. The topological polar surface area (TPSA) is 106 Å². The SMILES string of the molecule is CC(C)[C@H]1CC[C@H]2C3[C@H](OCCN)C[C@H]4CC(OCCN)CC[C@]4(C)[C@H]3C[C@H](OCCN)[C@]12C. The molecule has 198 valence electrons. The summed E-state index contributed by atoms with van der Waals surface area (Å²) in [5, 5.41) is 0. The van der Waals surface area contributed by atoms with Crippen molar-refractivity contribution in [1.29, 1.82) is 0 Å². The molecule has 4 saturated carbocycles. The monoisotopic (exact) mass is 479 g/mol. The molecule has 4 aliphatic rings. The maximum Gasteiger partial charge on any atom is 0.0637 e. The lowest BCUT2D eigenvalue weighted by Gasteiger charge is -2.64. The van der Waals surface area contributed by atoms with E-state index >= 15 is 0 Å². The highest BCUT2D eigenvalue weighted by Crippen LogP contribution is 2.69. The number of rotatable bonds is 10. The molecule has 0 heterocycles. The molecule has 6 N–H and O–H groups in total. The molecular weight excluding hydrogens is 426 g/mol. The maximum absolute atomic E-state index is 6.67. The summed E-state index contributed by atoms with van der Waals surface area (Å²) in [6.45, 7) is 13.7. The lowest BCUT2D eigenvalue weighted by Crippen LogP contribution is -2.63. The van der Waals surface area contributed by atoms with Gasteiger partial charge in [0.05, 0.1) is 38.1 Å². The van der Waals surface area contributed by atoms with Crippen molar-refractivity contribution in [3.8, 4) is 0 Å². The van der Waals surface area contributed by atoms with E-state index in [9.17, 15) is 0 Å². The average molecular weight is 480 g/mol. The number of nitrogens with two attached hydrogens (primary N) is 3. The van der Waals surface area contributed by atoms with Crippen LogP contribution in [-0.4, -0.2) is 57.8 Å². The van der Waals surface area contributed by atoms with Gasteiger partial charge in [-0.05, 0) is 85.9 Å². The third-order valence-electron chi connectivity index (χ3n) is 10.9. The first-order valence-corrected chi connectivity index (χ1v) is 14.3. The van der Waals surface area contributed by atoms with Gasteiger partial charge in [0, 0.05) is 25.0 Å². The van der Waals surface area contributed by atoms with E-state index in [0.717, 1.165) is 25.7 Å². The highest BCUT2D eigenvalue weighted by atomic mass is 16.5. The molecule has 0 aromatic heterocycles. The van der Waals surface area contributed by atoms with Gasteiger partial charge in [0.25, 0.3) is 0 Å². The first-order chi connectivity index (χ1) is 16.3. The molecule has 6 nitrogen and oxygen atoms in total. The van der Waals surface area contributed by atoms with Crippen LogP contribution < -0.4 is 17.2 Å². The second-order valence-electron chi connectivity index (χ2n) is 12.7. The number of hydrogen-bond acceptors (Lipinski definition) is 6. The summed E-state index contributed by atoms with van der Waals surface area (Å²) >= 11 is 0. The molecule has 0 aliphatic heterocycles. The molecule has 4 rings (SSSR count). The summed E-state index contributed by atoms with van der Waals surface area (Å²) in [6.07, 6.45) is 9.33. The van der Waals surface area contributed by atoms with Crippen molar-refractivity contribution >= 4 is 0 Å². The van der Waals surface area contributed by atoms with E-state index in [4.69, 9.17) is 31.4 Å². The van der Waals surface area contributed by atoms with Crippen LogP contribution in [0.3, 0.4) is 0 Å². The summed E-state index contributed by atoms with van der Waals surface area (Å²) in [4.78, 5) is 0. The summed E-state index contributed by atoms with van der Waals surface area (Å²) < 4.78 is 19.5. The second-order valence-corrected chi connectivity index (χ2v) is 12.7. The Morgan fingerprint density at radius 1 is 0.794 bits per heavy atom. The van der Waals surface area contributed by atoms with E-state index in [1.165, 1.54) is 19.3 Å². The Labute approximate surface area is 208 Å². The lowest BCUT2D eigenvalue weighted by molar-refractivity contribution is -0.226. The van der Waals surface area contributed by atoms with Crippen LogP contribution in [-0.2, 0) is 14.2 Å². The minimum absolute atomic E-state index is 0.194. The quantitative estimate of drug-likeness (QED) is 0.442. The smallest absolute Gasteiger partial charge is 0.0637 e. The van der Waals surface area contributed by atoms with Gasteiger partial charge in [-0.2, -0.15) is 0 Å². The van der Waals surface area contributed by atoms with Gasteiger partial charge in [-0.3, -0.25) is 0 Å². The predicted molar refractivity (Wildman–Crippen MR) is 137 cm³/mol. The maximum atomic E-state index is 6.67. The molecule has 6 heteroatoms. The van der Waals surface area contributed by atoms with Gasteiger partial charge < -0.3 is 31.4 Å². The highest BCUT2D eigenvalue weighted by Gasteiger charge is 2.66. The zero-order valence-corrected chi connectivity index (χ0v) is 22.3. The highest BCUT2D eigenvalue weighted by molar-refractivity contribution is 5.15. The van der Waals surface area contributed by atoms with Gasteiger partial charge in [-0.1, -0.05) is 27.7 Å². The van der Waals surface area contributed by atoms with Crippen molar-refractivity contribution < 1.29 is 14.2 Å². The van der Waals surface area contributed by atoms with Gasteiger partial charge in [-0.15, -0.1) is 0 Å². The zero-order valence-electron chi connectivity index (χ0n) is 22.3. The Kier molecular flexibility index (Phi) is 8.69. The van der Waals surface area contributed by atoms with Crippen LogP contribution in [0.4, 0.5) is 0 Å². The Bertz CT molecular complexity index is 663. The van der Waals surface area contributed by atoms with Gasteiger partial charge >= 0.3 is 0 Å². The standard InChI is InChI=1S/C28H53N3O3/c1-18(2)21-5-6-22-26-23(17-25(28(21,22)4)34-14-11-31)27(3)8-7-20(32-12-9-29)15-19(27)16-24(26)33-13-10-30/h18-26H,5-17,29-31H2,1-4H3/t19-,20?,21-,22+,23+,24-,25+,26?,27+,28-/m1/s1. The Morgan fingerprint density at radius 3 is 2.15 bits per heavy atom. The van der Waals surface area contributed by atoms with E-state index in [-0.39, 0.29) is 11.5 Å². The normalized spacial score (nSPS) is 46.2. The fraction of sp³-hybridized carbons (Fsp3) is 1.00. The molecule has 0 amide bonds. The zero-order chi connectivity index (χ0) is 24.5. The Balaban J connectivity index is 1.67. The molecule has 0 aromatic rings.